The molecule has 1 aromatic carbocycles. The van der Waals surface area contributed by atoms with Gasteiger partial charge in [0.05, 0.1) is 12.5 Å². The number of benzene rings is 1. The normalized spacial score (nSPS) is 17.8. The van der Waals surface area contributed by atoms with Crippen LogP contribution in [0.2, 0.25) is 0 Å². The van der Waals surface area contributed by atoms with Crippen molar-refractivity contribution in [3.05, 3.63) is 22.8 Å². The van der Waals surface area contributed by atoms with Crippen LogP contribution in [-0.4, -0.2) is 23.3 Å². The molecule has 20 heavy (non-hydrogen) atoms. The average molecular weight is 278 g/mol. The van der Waals surface area contributed by atoms with E-state index in [-0.39, 0.29) is 5.75 Å². The minimum atomic E-state index is -0.980. The second-order valence-corrected chi connectivity index (χ2v) is 5.69. The molecule has 4 nitrogen and oxygen atoms in total. The van der Waals surface area contributed by atoms with Crippen molar-refractivity contribution in [3.8, 4) is 11.5 Å². The van der Waals surface area contributed by atoms with Crippen LogP contribution >= 0.6 is 0 Å². The summed E-state index contributed by atoms with van der Waals surface area (Å²) in [5.41, 5.74) is 1.36. The van der Waals surface area contributed by atoms with E-state index in [2.05, 4.69) is 0 Å². The highest BCUT2D eigenvalue weighted by atomic mass is 16.5. The van der Waals surface area contributed by atoms with E-state index in [9.17, 15) is 15.0 Å². The molecule has 0 heterocycles. The number of carboxylic acids is 1. The molecule has 0 radical (unpaired) electrons. The topological polar surface area (TPSA) is 66.8 Å². The van der Waals surface area contributed by atoms with Crippen LogP contribution in [0.15, 0.2) is 6.07 Å². The molecular formula is C16H22O4. The second kappa shape index (κ2) is 5.35. The zero-order valence-electron chi connectivity index (χ0n) is 12.3. The predicted octanol–water partition coefficient (Wildman–Crippen LogP) is 3.30. The molecule has 0 aliphatic heterocycles. The third-order valence-corrected chi connectivity index (χ3v) is 4.60. The van der Waals surface area contributed by atoms with Crippen LogP contribution < -0.4 is 4.74 Å². The number of rotatable bonds is 3. The SMILES string of the molecule is COc1cc(C)c(C)c(C2(C(=O)O)CCCCC2)c1O. The van der Waals surface area contributed by atoms with E-state index in [1.807, 2.05) is 13.8 Å². The van der Waals surface area contributed by atoms with Crippen LogP contribution in [0.5, 0.6) is 11.5 Å². The summed E-state index contributed by atoms with van der Waals surface area (Å²) in [5, 5.41) is 20.3. The van der Waals surface area contributed by atoms with Gasteiger partial charge in [-0.3, -0.25) is 4.79 Å². The van der Waals surface area contributed by atoms with Crippen LogP contribution in [-0.2, 0) is 10.2 Å². The lowest BCUT2D eigenvalue weighted by molar-refractivity contribution is -0.145. The molecule has 0 atom stereocenters. The molecule has 0 bridgehead atoms. The van der Waals surface area contributed by atoms with E-state index in [0.29, 0.717) is 24.2 Å². The molecule has 0 aromatic heterocycles. The Balaban J connectivity index is 2.70. The van der Waals surface area contributed by atoms with E-state index in [4.69, 9.17) is 4.74 Å². The van der Waals surface area contributed by atoms with Crippen molar-refractivity contribution in [1.82, 2.24) is 0 Å². The van der Waals surface area contributed by atoms with Crippen LogP contribution in [0.3, 0.4) is 0 Å². The van der Waals surface area contributed by atoms with Gasteiger partial charge in [0.25, 0.3) is 0 Å². The molecule has 4 heteroatoms. The minimum absolute atomic E-state index is 0.0140. The maximum atomic E-state index is 11.9. The third kappa shape index (κ3) is 2.13. The standard InChI is InChI=1S/C16H22O4/c1-10-9-12(20-3)14(17)13(11(10)2)16(15(18)19)7-5-4-6-8-16/h9,17H,4-8H2,1-3H3,(H,18,19). The number of phenolic OH excluding ortho intramolecular Hbond substituents is 1. The lowest BCUT2D eigenvalue weighted by atomic mass is 9.67. The van der Waals surface area contributed by atoms with Gasteiger partial charge in [0.2, 0.25) is 0 Å². The Morgan fingerprint density at radius 1 is 1.25 bits per heavy atom. The molecule has 0 spiro atoms. The minimum Gasteiger partial charge on any atom is -0.504 e. The first-order valence-electron chi connectivity index (χ1n) is 7.05. The zero-order chi connectivity index (χ0) is 14.9. The number of phenols is 1. The van der Waals surface area contributed by atoms with Crippen LogP contribution in [0, 0.1) is 13.8 Å². The number of ether oxygens (including phenoxy) is 1. The fourth-order valence-electron chi connectivity index (χ4n) is 3.34. The smallest absolute Gasteiger partial charge is 0.314 e. The summed E-state index contributed by atoms with van der Waals surface area (Å²) in [6.45, 7) is 3.79. The molecule has 2 N–H and O–H groups in total. The largest absolute Gasteiger partial charge is 0.504 e. The van der Waals surface area contributed by atoms with Gasteiger partial charge in [-0.2, -0.15) is 0 Å². The number of carbonyl (C=O) groups is 1. The quantitative estimate of drug-likeness (QED) is 0.890. The molecule has 1 fully saturated rings. The van der Waals surface area contributed by atoms with Gasteiger partial charge in [-0.15, -0.1) is 0 Å². The molecule has 1 aliphatic rings. The van der Waals surface area contributed by atoms with Gasteiger partial charge in [0.1, 0.15) is 0 Å². The summed E-state index contributed by atoms with van der Waals surface area (Å²) in [6.07, 6.45) is 3.95. The maximum Gasteiger partial charge on any atom is 0.314 e. The van der Waals surface area contributed by atoms with E-state index in [1.165, 1.54) is 7.11 Å². The van der Waals surface area contributed by atoms with E-state index in [1.54, 1.807) is 6.07 Å². The monoisotopic (exact) mass is 278 g/mol. The maximum absolute atomic E-state index is 11.9. The van der Waals surface area contributed by atoms with Crippen molar-refractivity contribution in [1.29, 1.82) is 0 Å². The lowest BCUT2D eigenvalue weighted by Gasteiger charge is -2.36. The van der Waals surface area contributed by atoms with E-state index < -0.39 is 11.4 Å². The Morgan fingerprint density at radius 2 is 1.85 bits per heavy atom. The van der Waals surface area contributed by atoms with E-state index in [0.717, 1.165) is 30.4 Å². The van der Waals surface area contributed by atoms with Crippen LogP contribution in [0.4, 0.5) is 0 Å². The number of hydrogen-bond donors (Lipinski definition) is 2. The predicted molar refractivity (Wildman–Crippen MR) is 76.5 cm³/mol. The van der Waals surface area contributed by atoms with Crippen molar-refractivity contribution >= 4 is 5.97 Å². The molecule has 2 rings (SSSR count). The summed E-state index contributed by atoms with van der Waals surface area (Å²) >= 11 is 0. The Hall–Kier alpha value is -1.71. The first-order valence-corrected chi connectivity index (χ1v) is 7.05. The fraction of sp³-hybridized carbons (Fsp3) is 0.562. The number of hydrogen-bond acceptors (Lipinski definition) is 3. The second-order valence-electron chi connectivity index (χ2n) is 5.69. The Bertz CT molecular complexity index is 528. The Kier molecular flexibility index (Phi) is 3.93. The molecule has 1 aliphatic carbocycles. The van der Waals surface area contributed by atoms with Crippen molar-refractivity contribution in [2.24, 2.45) is 0 Å². The first kappa shape index (κ1) is 14.7. The molecule has 1 aromatic rings. The van der Waals surface area contributed by atoms with Gasteiger partial charge in [0.15, 0.2) is 11.5 Å². The van der Waals surface area contributed by atoms with Crippen molar-refractivity contribution < 1.29 is 19.7 Å². The number of methoxy groups -OCH3 is 1. The number of carboxylic acid groups (broad SMARTS) is 1. The summed E-state index contributed by atoms with van der Waals surface area (Å²) in [4.78, 5) is 11.9. The Labute approximate surface area is 119 Å². The first-order chi connectivity index (χ1) is 9.44. The highest BCUT2D eigenvalue weighted by Gasteiger charge is 2.45. The van der Waals surface area contributed by atoms with E-state index >= 15 is 0 Å². The molecule has 0 unspecified atom stereocenters. The molecular weight excluding hydrogens is 256 g/mol. The van der Waals surface area contributed by atoms with Crippen molar-refractivity contribution in [3.63, 3.8) is 0 Å². The number of aryl methyl sites for hydroxylation is 1. The molecule has 0 saturated heterocycles. The van der Waals surface area contributed by atoms with Gasteiger partial charge < -0.3 is 14.9 Å². The molecule has 0 amide bonds. The zero-order valence-corrected chi connectivity index (χ0v) is 12.3. The summed E-state index contributed by atoms with van der Waals surface area (Å²) in [7, 11) is 1.49. The van der Waals surface area contributed by atoms with Crippen molar-refractivity contribution in [2.75, 3.05) is 7.11 Å². The van der Waals surface area contributed by atoms with Gasteiger partial charge in [-0.1, -0.05) is 19.3 Å². The van der Waals surface area contributed by atoms with Gasteiger partial charge in [-0.25, -0.2) is 0 Å². The van der Waals surface area contributed by atoms with Gasteiger partial charge >= 0.3 is 5.97 Å². The third-order valence-electron chi connectivity index (χ3n) is 4.60. The fourth-order valence-corrected chi connectivity index (χ4v) is 3.34. The number of aliphatic carboxylic acids is 1. The van der Waals surface area contributed by atoms with Crippen molar-refractivity contribution in [2.45, 2.75) is 51.4 Å². The highest BCUT2D eigenvalue weighted by molar-refractivity contribution is 5.84. The lowest BCUT2D eigenvalue weighted by Crippen LogP contribution is -2.38. The number of aromatic hydroxyl groups is 1. The highest BCUT2D eigenvalue weighted by Crippen LogP contribution is 2.48. The summed E-state index contributed by atoms with van der Waals surface area (Å²) < 4.78 is 5.19. The van der Waals surface area contributed by atoms with Crippen LogP contribution in [0.25, 0.3) is 0 Å². The summed E-state index contributed by atoms with van der Waals surface area (Å²) in [6, 6.07) is 1.76. The Morgan fingerprint density at radius 3 is 2.35 bits per heavy atom. The molecule has 110 valence electrons. The summed E-state index contributed by atoms with van der Waals surface area (Å²) in [5.74, 6) is -0.502. The molecule has 1 saturated carbocycles. The van der Waals surface area contributed by atoms with Gasteiger partial charge in [0, 0.05) is 5.56 Å². The van der Waals surface area contributed by atoms with Gasteiger partial charge in [-0.05, 0) is 43.9 Å². The van der Waals surface area contributed by atoms with Crippen LogP contribution in [0.1, 0.15) is 48.8 Å². The average Bonchev–Trinajstić information content (AvgIpc) is 2.44.